The van der Waals surface area contributed by atoms with Gasteiger partial charge in [-0.25, -0.2) is 0 Å². The maximum Gasteiger partial charge on any atom is 0.131 e. The van der Waals surface area contributed by atoms with Crippen LogP contribution in [0.2, 0.25) is 5.02 Å². The summed E-state index contributed by atoms with van der Waals surface area (Å²) in [5.41, 5.74) is 6.18. The Morgan fingerprint density at radius 3 is 3.00 bits per heavy atom. The highest BCUT2D eigenvalue weighted by molar-refractivity contribution is 7.80. The molecule has 4 nitrogen and oxygen atoms in total. The van der Waals surface area contributed by atoms with Gasteiger partial charge in [0.1, 0.15) is 16.8 Å². The highest BCUT2D eigenvalue weighted by atomic mass is 35.5. The second-order valence-electron chi connectivity index (χ2n) is 5.54. The normalized spacial score (nSPS) is 28.7. The first-order valence-electron chi connectivity index (χ1n) is 7.06. The van der Waals surface area contributed by atoms with E-state index in [9.17, 15) is 0 Å². The molecule has 6 heteroatoms. The third kappa shape index (κ3) is 3.16. The fourth-order valence-electron chi connectivity index (χ4n) is 2.97. The van der Waals surface area contributed by atoms with Gasteiger partial charge in [0.05, 0.1) is 29.4 Å². The molecule has 2 heterocycles. The minimum absolute atomic E-state index is 0.0621. The fraction of sp³-hybridized carbons (Fsp3) is 0.533. The average Bonchev–Trinajstić information content (AvgIpc) is 2.86. The van der Waals surface area contributed by atoms with Gasteiger partial charge in [0, 0.05) is 25.9 Å². The lowest BCUT2D eigenvalue weighted by Gasteiger charge is -2.37. The molecular formula is C15H18ClNO3S. The molecule has 1 aromatic rings. The second-order valence-corrected chi connectivity index (χ2v) is 6.39. The zero-order valence-corrected chi connectivity index (χ0v) is 13.2. The number of benzene rings is 1. The molecule has 3 rings (SSSR count). The van der Waals surface area contributed by atoms with Crippen LogP contribution in [0.5, 0.6) is 5.75 Å². The molecule has 2 aliphatic heterocycles. The van der Waals surface area contributed by atoms with Crippen molar-refractivity contribution in [3.8, 4) is 5.75 Å². The van der Waals surface area contributed by atoms with E-state index in [1.54, 1.807) is 6.07 Å². The van der Waals surface area contributed by atoms with Crippen LogP contribution in [0.1, 0.15) is 24.8 Å². The van der Waals surface area contributed by atoms with Crippen molar-refractivity contribution in [1.82, 2.24) is 0 Å². The Balaban J connectivity index is 1.77. The number of hydrogen-bond acceptors (Lipinski definition) is 4. The molecule has 114 valence electrons. The molecule has 0 saturated carbocycles. The van der Waals surface area contributed by atoms with Crippen molar-refractivity contribution >= 4 is 28.8 Å². The highest BCUT2D eigenvalue weighted by Crippen LogP contribution is 2.36. The molecule has 1 spiro atoms. The summed E-state index contributed by atoms with van der Waals surface area (Å²) in [6.07, 6.45) is 2.64. The average molecular weight is 328 g/mol. The van der Waals surface area contributed by atoms with Crippen LogP contribution in [-0.4, -0.2) is 36.5 Å². The SMILES string of the molecule is NC(=S)c1c(Cl)cccc1OC1CCOC2(CCOC2)C1. The minimum Gasteiger partial charge on any atom is -0.489 e. The molecule has 21 heavy (non-hydrogen) atoms. The van der Waals surface area contributed by atoms with Gasteiger partial charge in [0.2, 0.25) is 0 Å². The van der Waals surface area contributed by atoms with E-state index in [4.69, 9.17) is 43.8 Å². The number of rotatable bonds is 3. The summed E-state index contributed by atoms with van der Waals surface area (Å²) in [6.45, 7) is 2.07. The standard InChI is InChI=1S/C15H18ClNO3S/c16-11-2-1-3-12(13(11)14(17)21)20-10-4-6-19-15(8-10)5-7-18-9-15/h1-3,10H,4-9H2,(H2,17,21). The molecule has 0 bridgehead atoms. The lowest BCUT2D eigenvalue weighted by Crippen LogP contribution is -2.44. The van der Waals surface area contributed by atoms with Gasteiger partial charge in [-0.15, -0.1) is 0 Å². The van der Waals surface area contributed by atoms with Crippen LogP contribution >= 0.6 is 23.8 Å². The highest BCUT2D eigenvalue weighted by Gasteiger charge is 2.42. The van der Waals surface area contributed by atoms with Gasteiger partial charge >= 0.3 is 0 Å². The molecule has 2 aliphatic rings. The minimum atomic E-state index is -0.190. The van der Waals surface area contributed by atoms with Gasteiger partial charge in [0.15, 0.2) is 0 Å². The number of hydrogen-bond donors (Lipinski definition) is 1. The van der Waals surface area contributed by atoms with Gasteiger partial charge in [-0.05, 0) is 12.1 Å². The smallest absolute Gasteiger partial charge is 0.131 e. The van der Waals surface area contributed by atoms with E-state index < -0.39 is 0 Å². The zero-order valence-electron chi connectivity index (χ0n) is 11.6. The van der Waals surface area contributed by atoms with Crippen LogP contribution in [0.15, 0.2) is 18.2 Å². The van der Waals surface area contributed by atoms with Crippen LogP contribution < -0.4 is 10.5 Å². The summed E-state index contributed by atoms with van der Waals surface area (Å²) in [5, 5.41) is 0.519. The summed E-state index contributed by atoms with van der Waals surface area (Å²) in [6, 6.07) is 5.46. The van der Waals surface area contributed by atoms with E-state index in [0.29, 0.717) is 29.5 Å². The third-order valence-electron chi connectivity index (χ3n) is 4.03. The van der Waals surface area contributed by atoms with Gasteiger partial charge in [-0.1, -0.05) is 29.9 Å². The van der Waals surface area contributed by atoms with E-state index in [-0.39, 0.29) is 16.7 Å². The molecule has 2 atom stereocenters. The van der Waals surface area contributed by atoms with Crippen molar-refractivity contribution in [3.63, 3.8) is 0 Å². The van der Waals surface area contributed by atoms with Crippen LogP contribution in [-0.2, 0) is 9.47 Å². The van der Waals surface area contributed by atoms with E-state index in [1.807, 2.05) is 12.1 Å². The Hall–Kier alpha value is -0.880. The van der Waals surface area contributed by atoms with Crippen molar-refractivity contribution < 1.29 is 14.2 Å². The van der Waals surface area contributed by atoms with Crippen molar-refractivity contribution in [2.75, 3.05) is 19.8 Å². The predicted octanol–water partition coefficient (Wildman–Crippen LogP) is 2.69. The van der Waals surface area contributed by atoms with E-state index >= 15 is 0 Å². The fourth-order valence-corrected chi connectivity index (χ4v) is 3.50. The Kier molecular flexibility index (Phi) is 4.36. The predicted molar refractivity (Wildman–Crippen MR) is 85.1 cm³/mol. The first-order valence-corrected chi connectivity index (χ1v) is 7.85. The summed E-state index contributed by atoms with van der Waals surface area (Å²) in [5.74, 6) is 0.649. The van der Waals surface area contributed by atoms with Crippen molar-refractivity contribution in [2.24, 2.45) is 5.73 Å². The van der Waals surface area contributed by atoms with Crippen molar-refractivity contribution in [1.29, 1.82) is 0 Å². The number of nitrogens with two attached hydrogens (primary N) is 1. The summed E-state index contributed by atoms with van der Waals surface area (Å²) in [7, 11) is 0. The topological polar surface area (TPSA) is 53.7 Å². The molecular weight excluding hydrogens is 310 g/mol. The molecule has 2 N–H and O–H groups in total. The van der Waals surface area contributed by atoms with Gasteiger partial charge in [-0.2, -0.15) is 0 Å². The van der Waals surface area contributed by atoms with E-state index in [1.165, 1.54) is 0 Å². The first-order chi connectivity index (χ1) is 10.1. The van der Waals surface area contributed by atoms with Crippen molar-refractivity contribution in [2.45, 2.75) is 31.0 Å². The van der Waals surface area contributed by atoms with Gasteiger partial charge in [-0.3, -0.25) is 0 Å². The Morgan fingerprint density at radius 1 is 1.43 bits per heavy atom. The molecule has 2 fully saturated rings. The molecule has 0 aliphatic carbocycles. The second kappa shape index (κ2) is 6.08. The van der Waals surface area contributed by atoms with Crippen LogP contribution in [0, 0.1) is 0 Å². The van der Waals surface area contributed by atoms with Crippen molar-refractivity contribution in [3.05, 3.63) is 28.8 Å². The molecule has 0 aromatic heterocycles. The summed E-state index contributed by atoms with van der Waals surface area (Å²) >= 11 is 11.2. The third-order valence-corrected chi connectivity index (χ3v) is 4.55. The maximum atomic E-state index is 6.17. The molecule has 2 saturated heterocycles. The van der Waals surface area contributed by atoms with E-state index in [0.717, 1.165) is 25.9 Å². The maximum absolute atomic E-state index is 6.17. The Labute approximate surface area is 134 Å². The zero-order chi connectivity index (χ0) is 14.9. The van der Waals surface area contributed by atoms with Crippen LogP contribution in [0.3, 0.4) is 0 Å². The summed E-state index contributed by atoms with van der Waals surface area (Å²) in [4.78, 5) is 0.251. The van der Waals surface area contributed by atoms with Gasteiger partial charge < -0.3 is 19.9 Å². The largest absolute Gasteiger partial charge is 0.489 e. The Morgan fingerprint density at radius 2 is 2.29 bits per heavy atom. The molecule has 2 unspecified atom stereocenters. The van der Waals surface area contributed by atoms with Gasteiger partial charge in [0.25, 0.3) is 0 Å². The monoisotopic (exact) mass is 327 g/mol. The summed E-state index contributed by atoms with van der Waals surface area (Å²) < 4.78 is 17.5. The van der Waals surface area contributed by atoms with E-state index in [2.05, 4.69) is 0 Å². The quantitative estimate of drug-likeness (QED) is 0.865. The molecule has 0 radical (unpaired) electrons. The lowest BCUT2D eigenvalue weighted by atomic mass is 9.91. The lowest BCUT2D eigenvalue weighted by molar-refractivity contribution is -0.112. The number of ether oxygens (including phenoxy) is 3. The molecule has 1 aromatic carbocycles. The van der Waals surface area contributed by atoms with Crippen LogP contribution in [0.25, 0.3) is 0 Å². The van der Waals surface area contributed by atoms with Crippen LogP contribution in [0.4, 0.5) is 0 Å². The molecule has 0 amide bonds. The number of thiocarbonyl (C=S) groups is 1. The first kappa shape index (κ1) is 15.0. The number of halogens is 1. The Bertz CT molecular complexity index is 546.